The Labute approximate surface area is 112 Å². The summed E-state index contributed by atoms with van der Waals surface area (Å²) in [6, 6.07) is 2.01. The van der Waals surface area contributed by atoms with Crippen molar-refractivity contribution in [2.75, 3.05) is 0 Å². The summed E-state index contributed by atoms with van der Waals surface area (Å²) in [5.74, 6) is 0. The number of aromatic nitrogens is 3. The van der Waals surface area contributed by atoms with Crippen molar-refractivity contribution in [2.45, 2.75) is 58.3 Å². The number of H-pyrrole nitrogens is 1. The van der Waals surface area contributed by atoms with Crippen LogP contribution in [0.3, 0.4) is 0 Å². The maximum atomic E-state index is 12.6. The fraction of sp³-hybridized carbons (Fsp3) is 0.600. The van der Waals surface area contributed by atoms with Crippen LogP contribution in [0.2, 0.25) is 0 Å². The Hall–Kier alpha value is -1.58. The second-order valence-corrected chi connectivity index (χ2v) is 6.52. The quantitative estimate of drug-likeness (QED) is 0.739. The van der Waals surface area contributed by atoms with Crippen LogP contribution >= 0.6 is 0 Å². The number of rotatable bonds is 0. The van der Waals surface area contributed by atoms with Gasteiger partial charge in [0.05, 0.1) is 5.69 Å². The van der Waals surface area contributed by atoms with Crippen LogP contribution in [-0.2, 0) is 18.3 Å². The van der Waals surface area contributed by atoms with Crippen molar-refractivity contribution in [3.63, 3.8) is 0 Å². The van der Waals surface area contributed by atoms with Crippen molar-refractivity contribution < 1.29 is 0 Å². The molecule has 19 heavy (non-hydrogen) atoms. The van der Waals surface area contributed by atoms with E-state index in [2.05, 4.69) is 25.9 Å². The van der Waals surface area contributed by atoms with Crippen LogP contribution in [-0.4, -0.2) is 14.6 Å². The number of fused-ring (bicyclic) bond motifs is 2. The van der Waals surface area contributed by atoms with E-state index in [0.717, 1.165) is 48.3 Å². The summed E-state index contributed by atoms with van der Waals surface area (Å²) >= 11 is 0. The van der Waals surface area contributed by atoms with E-state index in [4.69, 9.17) is 4.98 Å². The first kappa shape index (κ1) is 12.5. The number of nitrogens with one attached hydrogen (secondary N) is 1. The predicted molar refractivity (Wildman–Crippen MR) is 75.8 cm³/mol. The molecule has 0 bridgehead atoms. The van der Waals surface area contributed by atoms with E-state index >= 15 is 0 Å². The molecule has 0 aromatic carbocycles. The van der Waals surface area contributed by atoms with Crippen molar-refractivity contribution in [2.24, 2.45) is 0 Å². The van der Waals surface area contributed by atoms with Gasteiger partial charge in [0.1, 0.15) is 0 Å². The lowest BCUT2D eigenvalue weighted by Crippen LogP contribution is -2.23. The maximum absolute atomic E-state index is 12.6. The minimum atomic E-state index is -0.00245. The highest BCUT2D eigenvalue weighted by molar-refractivity contribution is 5.43. The molecular weight excluding hydrogens is 238 g/mol. The van der Waals surface area contributed by atoms with Crippen molar-refractivity contribution in [3.05, 3.63) is 33.4 Å². The summed E-state index contributed by atoms with van der Waals surface area (Å²) in [4.78, 5) is 17.3. The molecule has 1 aliphatic carbocycles. The van der Waals surface area contributed by atoms with Crippen LogP contribution in [0, 0.1) is 0 Å². The molecule has 102 valence electrons. The van der Waals surface area contributed by atoms with Crippen LogP contribution in [0.4, 0.5) is 0 Å². The van der Waals surface area contributed by atoms with Gasteiger partial charge in [-0.3, -0.25) is 9.89 Å². The lowest BCUT2D eigenvalue weighted by atomic mass is 9.93. The van der Waals surface area contributed by atoms with E-state index in [1.165, 1.54) is 6.42 Å². The SMILES string of the molecule is CC(C)(C)c1cc2nc3c(c(=O)n2[nH]1)CCCCC3. The summed E-state index contributed by atoms with van der Waals surface area (Å²) in [6.07, 6.45) is 5.25. The van der Waals surface area contributed by atoms with Gasteiger partial charge in [0.15, 0.2) is 5.65 Å². The smallest absolute Gasteiger partial charge is 0.276 e. The molecule has 2 heterocycles. The van der Waals surface area contributed by atoms with E-state index in [0.29, 0.717) is 0 Å². The third-order valence-corrected chi connectivity index (χ3v) is 3.94. The summed E-state index contributed by atoms with van der Waals surface area (Å²) in [5, 5.41) is 3.22. The van der Waals surface area contributed by atoms with Crippen molar-refractivity contribution in [3.8, 4) is 0 Å². The van der Waals surface area contributed by atoms with Gasteiger partial charge in [-0.15, -0.1) is 0 Å². The molecule has 0 fully saturated rings. The monoisotopic (exact) mass is 259 g/mol. The number of aromatic amines is 1. The molecule has 0 atom stereocenters. The van der Waals surface area contributed by atoms with Gasteiger partial charge in [0.25, 0.3) is 5.56 Å². The van der Waals surface area contributed by atoms with Gasteiger partial charge in [0, 0.05) is 22.7 Å². The van der Waals surface area contributed by atoms with Crippen molar-refractivity contribution >= 4 is 5.65 Å². The Kier molecular flexibility index (Phi) is 2.77. The fourth-order valence-electron chi connectivity index (χ4n) is 2.72. The standard InChI is InChI=1S/C15H21N3O/c1-15(2,3)12-9-13-16-11-8-6-4-5-7-10(11)14(19)18(13)17-12/h9,17H,4-8H2,1-3H3. The number of hydrogen-bond acceptors (Lipinski definition) is 2. The van der Waals surface area contributed by atoms with E-state index in [-0.39, 0.29) is 11.0 Å². The molecule has 0 radical (unpaired) electrons. The van der Waals surface area contributed by atoms with Crippen LogP contribution in [0.5, 0.6) is 0 Å². The summed E-state index contributed by atoms with van der Waals surface area (Å²) in [7, 11) is 0. The zero-order chi connectivity index (χ0) is 13.6. The zero-order valence-electron chi connectivity index (χ0n) is 11.9. The average molecular weight is 259 g/mol. The first-order chi connectivity index (χ1) is 8.97. The highest BCUT2D eigenvalue weighted by atomic mass is 16.1. The Bertz CT molecular complexity index is 673. The van der Waals surface area contributed by atoms with Crippen LogP contribution in [0.25, 0.3) is 5.65 Å². The molecular formula is C15H21N3O. The number of nitrogens with zero attached hydrogens (tertiary/aromatic N) is 2. The molecule has 0 aliphatic heterocycles. The average Bonchev–Trinajstić information content (AvgIpc) is 2.62. The van der Waals surface area contributed by atoms with Crippen molar-refractivity contribution in [1.82, 2.24) is 14.6 Å². The van der Waals surface area contributed by atoms with Crippen molar-refractivity contribution in [1.29, 1.82) is 0 Å². The van der Waals surface area contributed by atoms with Crippen LogP contribution < -0.4 is 5.56 Å². The van der Waals surface area contributed by atoms with Gasteiger partial charge in [-0.25, -0.2) is 9.50 Å². The Morgan fingerprint density at radius 2 is 1.95 bits per heavy atom. The minimum absolute atomic E-state index is 0.00245. The molecule has 2 aromatic rings. The van der Waals surface area contributed by atoms with Gasteiger partial charge in [-0.1, -0.05) is 27.2 Å². The van der Waals surface area contributed by atoms with Crippen LogP contribution in [0.1, 0.15) is 57.0 Å². The third kappa shape index (κ3) is 2.09. The molecule has 0 saturated carbocycles. The maximum Gasteiger partial charge on any atom is 0.276 e. The highest BCUT2D eigenvalue weighted by Crippen LogP contribution is 2.22. The first-order valence-corrected chi connectivity index (χ1v) is 7.11. The van der Waals surface area contributed by atoms with E-state index in [9.17, 15) is 4.79 Å². The van der Waals surface area contributed by atoms with Crippen LogP contribution in [0.15, 0.2) is 10.9 Å². The molecule has 4 heteroatoms. The Morgan fingerprint density at radius 1 is 1.21 bits per heavy atom. The number of hydrogen-bond donors (Lipinski definition) is 1. The molecule has 0 amide bonds. The van der Waals surface area contributed by atoms with E-state index in [1.54, 1.807) is 4.52 Å². The summed E-state index contributed by atoms with van der Waals surface area (Å²) in [6.45, 7) is 6.40. The van der Waals surface area contributed by atoms with E-state index in [1.807, 2.05) is 6.07 Å². The molecule has 2 aromatic heterocycles. The molecule has 1 aliphatic rings. The lowest BCUT2D eigenvalue weighted by Gasteiger charge is -2.14. The second kappa shape index (κ2) is 4.22. The Morgan fingerprint density at radius 3 is 2.68 bits per heavy atom. The third-order valence-electron chi connectivity index (χ3n) is 3.94. The molecule has 0 unspecified atom stereocenters. The largest absolute Gasteiger partial charge is 0.293 e. The van der Waals surface area contributed by atoms with Gasteiger partial charge in [0.2, 0.25) is 0 Å². The van der Waals surface area contributed by atoms with Gasteiger partial charge in [-0.05, 0) is 25.7 Å². The fourth-order valence-corrected chi connectivity index (χ4v) is 2.72. The first-order valence-electron chi connectivity index (χ1n) is 7.11. The predicted octanol–water partition coefficient (Wildman–Crippen LogP) is 2.59. The topological polar surface area (TPSA) is 50.2 Å². The molecule has 3 rings (SSSR count). The minimum Gasteiger partial charge on any atom is -0.293 e. The van der Waals surface area contributed by atoms with E-state index < -0.39 is 0 Å². The normalized spacial score (nSPS) is 16.4. The van der Waals surface area contributed by atoms with Gasteiger partial charge in [-0.2, -0.15) is 0 Å². The molecule has 4 nitrogen and oxygen atoms in total. The molecule has 0 spiro atoms. The summed E-state index contributed by atoms with van der Waals surface area (Å²) in [5.41, 5.74) is 3.84. The molecule has 0 saturated heterocycles. The van der Waals surface area contributed by atoms with Gasteiger partial charge < -0.3 is 0 Å². The highest BCUT2D eigenvalue weighted by Gasteiger charge is 2.20. The number of aryl methyl sites for hydroxylation is 1. The lowest BCUT2D eigenvalue weighted by molar-refractivity contribution is 0.561. The molecule has 1 N–H and O–H groups in total. The Balaban J connectivity index is 2.25. The summed E-state index contributed by atoms with van der Waals surface area (Å²) < 4.78 is 1.62. The zero-order valence-corrected chi connectivity index (χ0v) is 11.9. The second-order valence-electron chi connectivity index (χ2n) is 6.52. The van der Waals surface area contributed by atoms with Gasteiger partial charge >= 0.3 is 0 Å².